The van der Waals surface area contributed by atoms with Gasteiger partial charge in [0.2, 0.25) is 0 Å². The van der Waals surface area contributed by atoms with Crippen molar-refractivity contribution in [3.05, 3.63) is 24.0 Å². The molecule has 1 aromatic rings. The lowest BCUT2D eigenvalue weighted by molar-refractivity contribution is 0.0685. The van der Waals surface area contributed by atoms with E-state index in [1.807, 2.05) is 0 Å². The molecular weight excluding hydrogens is 230 g/mol. The molecule has 0 bridgehead atoms. The highest BCUT2D eigenvalue weighted by Crippen LogP contribution is 2.15. The largest absolute Gasteiger partial charge is 0.491 e. The summed E-state index contributed by atoms with van der Waals surface area (Å²) in [4.78, 5) is 14.7. The molecule has 0 aromatic carbocycles. The van der Waals surface area contributed by atoms with Crippen LogP contribution in [0.1, 0.15) is 55.9 Å². The number of hydrogen-bond donors (Lipinski definition) is 1. The lowest BCUT2D eigenvalue weighted by Crippen LogP contribution is -2.06. The Morgan fingerprint density at radius 3 is 2.72 bits per heavy atom. The van der Waals surface area contributed by atoms with E-state index in [2.05, 4.69) is 11.9 Å². The van der Waals surface area contributed by atoms with Crippen LogP contribution in [0.2, 0.25) is 0 Å². The predicted molar refractivity (Wildman–Crippen MR) is 70.1 cm³/mol. The SMILES string of the molecule is CCCCCCCCOc1cccnc1C(=O)O. The van der Waals surface area contributed by atoms with Gasteiger partial charge in [0.25, 0.3) is 0 Å². The van der Waals surface area contributed by atoms with Gasteiger partial charge in [0.05, 0.1) is 6.61 Å². The van der Waals surface area contributed by atoms with Crippen molar-refractivity contribution >= 4 is 5.97 Å². The average molecular weight is 251 g/mol. The normalized spacial score (nSPS) is 10.3. The highest BCUT2D eigenvalue weighted by Gasteiger charge is 2.11. The van der Waals surface area contributed by atoms with E-state index in [9.17, 15) is 4.79 Å². The number of aromatic nitrogens is 1. The van der Waals surface area contributed by atoms with E-state index in [1.54, 1.807) is 12.1 Å². The second-order valence-corrected chi connectivity index (χ2v) is 4.27. The maximum atomic E-state index is 10.9. The van der Waals surface area contributed by atoms with Crippen molar-refractivity contribution in [2.45, 2.75) is 45.4 Å². The summed E-state index contributed by atoms with van der Waals surface area (Å²) in [6.07, 6.45) is 8.56. The fraction of sp³-hybridized carbons (Fsp3) is 0.571. The molecule has 100 valence electrons. The van der Waals surface area contributed by atoms with Gasteiger partial charge in [-0.1, -0.05) is 39.0 Å². The highest BCUT2D eigenvalue weighted by molar-refractivity contribution is 5.88. The molecule has 18 heavy (non-hydrogen) atoms. The quantitative estimate of drug-likeness (QED) is 0.682. The summed E-state index contributed by atoms with van der Waals surface area (Å²) in [7, 11) is 0. The number of aromatic carboxylic acids is 1. The van der Waals surface area contributed by atoms with Crippen molar-refractivity contribution in [1.82, 2.24) is 4.98 Å². The molecule has 0 fully saturated rings. The third kappa shape index (κ3) is 5.17. The third-order valence-corrected chi connectivity index (χ3v) is 2.73. The van der Waals surface area contributed by atoms with Gasteiger partial charge in [-0.15, -0.1) is 0 Å². The van der Waals surface area contributed by atoms with Crippen molar-refractivity contribution in [1.29, 1.82) is 0 Å². The molecule has 0 aliphatic carbocycles. The monoisotopic (exact) mass is 251 g/mol. The van der Waals surface area contributed by atoms with E-state index in [1.165, 1.54) is 31.9 Å². The number of rotatable bonds is 9. The Balaban J connectivity index is 2.25. The molecule has 0 aliphatic rings. The summed E-state index contributed by atoms with van der Waals surface area (Å²) in [5, 5.41) is 8.92. The van der Waals surface area contributed by atoms with Crippen LogP contribution in [-0.2, 0) is 0 Å². The van der Waals surface area contributed by atoms with E-state index in [0.717, 1.165) is 12.8 Å². The second kappa shape index (κ2) is 8.50. The Labute approximate surface area is 108 Å². The molecule has 1 rings (SSSR count). The number of carboxylic acids is 1. The molecule has 0 radical (unpaired) electrons. The molecule has 1 N–H and O–H groups in total. The Kier molecular flexibility index (Phi) is 6.84. The number of carbonyl (C=O) groups is 1. The van der Waals surface area contributed by atoms with E-state index in [0.29, 0.717) is 12.4 Å². The molecule has 0 atom stereocenters. The third-order valence-electron chi connectivity index (χ3n) is 2.73. The zero-order chi connectivity index (χ0) is 13.2. The van der Waals surface area contributed by atoms with Crippen molar-refractivity contribution in [2.24, 2.45) is 0 Å². The van der Waals surface area contributed by atoms with Crippen molar-refractivity contribution < 1.29 is 14.6 Å². The highest BCUT2D eigenvalue weighted by atomic mass is 16.5. The predicted octanol–water partition coefficient (Wildman–Crippen LogP) is 3.52. The molecule has 1 aromatic heterocycles. The number of nitrogens with zero attached hydrogens (tertiary/aromatic N) is 1. The molecule has 0 saturated heterocycles. The van der Waals surface area contributed by atoms with Gasteiger partial charge in [0, 0.05) is 6.20 Å². The number of hydrogen-bond acceptors (Lipinski definition) is 3. The molecule has 0 spiro atoms. The average Bonchev–Trinajstić information content (AvgIpc) is 2.38. The number of ether oxygens (including phenoxy) is 1. The molecule has 0 amide bonds. The van der Waals surface area contributed by atoms with Gasteiger partial charge in [-0.3, -0.25) is 0 Å². The van der Waals surface area contributed by atoms with E-state index >= 15 is 0 Å². The van der Waals surface area contributed by atoms with E-state index in [-0.39, 0.29) is 5.69 Å². The van der Waals surface area contributed by atoms with E-state index < -0.39 is 5.97 Å². The topological polar surface area (TPSA) is 59.4 Å². The van der Waals surface area contributed by atoms with Crippen LogP contribution in [0.25, 0.3) is 0 Å². The van der Waals surface area contributed by atoms with Crippen molar-refractivity contribution in [3.8, 4) is 5.75 Å². The molecule has 4 nitrogen and oxygen atoms in total. The summed E-state index contributed by atoms with van der Waals surface area (Å²) in [6, 6.07) is 3.33. The zero-order valence-electron chi connectivity index (χ0n) is 10.9. The number of pyridine rings is 1. The van der Waals surface area contributed by atoms with Crippen LogP contribution in [0, 0.1) is 0 Å². The summed E-state index contributed by atoms with van der Waals surface area (Å²) >= 11 is 0. The molecular formula is C14H21NO3. The van der Waals surface area contributed by atoms with Crippen molar-refractivity contribution in [2.75, 3.05) is 6.61 Å². The van der Waals surface area contributed by atoms with Crippen LogP contribution in [-0.4, -0.2) is 22.7 Å². The van der Waals surface area contributed by atoms with Crippen LogP contribution in [0.4, 0.5) is 0 Å². The Bertz CT molecular complexity index is 366. The fourth-order valence-corrected chi connectivity index (χ4v) is 1.73. The fourth-order valence-electron chi connectivity index (χ4n) is 1.73. The van der Waals surface area contributed by atoms with Gasteiger partial charge in [-0.05, 0) is 18.6 Å². The first-order valence-electron chi connectivity index (χ1n) is 6.56. The van der Waals surface area contributed by atoms with Gasteiger partial charge in [-0.2, -0.15) is 0 Å². The summed E-state index contributed by atoms with van der Waals surface area (Å²) in [5.74, 6) is -0.688. The first-order valence-corrected chi connectivity index (χ1v) is 6.56. The van der Waals surface area contributed by atoms with Gasteiger partial charge < -0.3 is 9.84 Å². The number of unbranched alkanes of at least 4 members (excludes halogenated alkanes) is 5. The van der Waals surface area contributed by atoms with Crippen LogP contribution in [0.5, 0.6) is 5.75 Å². The van der Waals surface area contributed by atoms with Crippen LogP contribution in [0.15, 0.2) is 18.3 Å². The van der Waals surface area contributed by atoms with Gasteiger partial charge >= 0.3 is 5.97 Å². The standard InChI is InChI=1S/C14H21NO3/c1-2-3-4-5-6-7-11-18-12-9-8-10-15-13(12)14(16)17/h8-10H,2-7,11H2,1H3,(H,16,17). The molecule has 0 unspecified atom stereocenters. The summed E-state index contributed by atoms with van der Waals surface area (Å²) in [5.41, 5.74) is -0.0107. The van der Waals surface area contributed by atoms with Gasteiger partial charge in [0.1, 0.15) is 0 Å². The maximum Gasteiger partial charge on any atom is 0.358 e. The first-order chi connectivity index (χ1) is 8.75. The zero-order valence-corrected chi connectivity index (χ0v) is 10.9. The lowest BCUT2D eigenvalue weighted by Gasteiger charge is -2.07. The number of carboxylic acid groups (broad SMARTS) is 1. The maximum absolute atomic E-state index is 10.9. The minimum Gasteiger partial charge on any atom is -0.491 e. The lowest BCUT2D eigenvalue weighted by atomic mass is 10.1. The molecule has 4 heteroatoms. The minimum atomic E-state index is -1.05. The molecule has 0 saturated carbocycles. The van der Waals surface area contributed by atoms with Crippen LogP contribution >= 0.6 is 0 Å². The molecule has 1 heterocycles. The van der Waals surface area contributed by atoms with Crippen molar-refractivity contribution in [3.63, 3.8) is 0 Å². The second-order valence-electron chi connectivity index (χ2n) is 4.27. The van der Waals surface area contributed by atoms with Gasteiger partial charge in [0.15, 0.2) is 11.4 Å². The van der Waals surface area contributed by atoms with Gasteiger partial charge in [-0.25, -0.2) is 9.78 Å². The van der Waals surface area contributed by atoms with Crippen LogP contribution in [0.3, 0.4) is 0 Å². The first kappa shape index (κ1) is 14.5. The minimum absolute atomic E-state index is 0.0107. The Morgan fingerprint density at radius 2 is 2.00 bits per heavy atom. The van der Waals surface area contributed by atoms with E-state index in [4.69, 9.17) is 9.84 Å². The van der Waals surface area contributed by atoms with Crippen LogP contribution < -0.4 is 4.74 Å². The Hall–Kier alpha value is -1.58. The summed E-state index contributed by atoms with van der Waals surface area (Å²) < 4.78 is 5.46. The summed E-state index contributed by atoms with van der Waals surface area (Å²) in [6.45, 7) is 2.75. The smallest absolute Gasteiger partial charge is 0.358 e. The Morgan fingerprint density at radius 1 is 1.28 bits per heavy atom. The molecule has 0 aliphatic heterocycles.